The predicted molar refractivity (Wildman–Crippen MR) is 66.0 cm³/mol. The monoisotopic (exact) mass is 221 g/mol. The maximum absolute atomic E-state index is 4.10. The molecule has 0 heterocycles. The Labute approximate surface area is 119 Å². The third-order valence-corrected chi connectivity index (χ3v) is 2.74. The fraction of sp³-hybridized carbons (Fsp3) is 1.00. The standard InChI is InChI=1S/C13H28N.Na/c1-3-4-5-6-7-8-9-10-11-12-13-14-2;/h3-13H2,1-2H3;/q-1;+1. The van der Waals surface area contributed by atoms with Crippen molar-refractivity contribution in [3.05, 3.63) is 5.32 Å². The van der Waals surface area contributed by atoms with E-state index in [-0.39, 0.29) is 29.6 Å². The molecule has 0 aromatic carbocycles. The Morgan fingerprint density at radius 1 is 0.667 bits per heavy atom. The Morgan fingerprint density at radius 3 is 1.47 bits per heavy atom. The number of hydrogen-bond acceptors (Lipinski definition) is 0. The molecule has 0 aliphatic rings. The van der Waals surface area contributed by atoms with E-state index >= 15 is 0 Å². The summed E-state index contributed by atoms with van der Waals surface area (Å²) < 4.78 is 0. The van der Waals surface area contributed by atoms with Crippen molar-refractivity contribution >= 4 is 0 Å². The smallest absolute Gasteiger partial charge is 0.665 e. The van der Waals surface area contributed by atoms with E-state index in [1.54, 1.807) is 0 Å². The third-order valence-electron chi connectivity index (χ3n) is 2.74. The van der Waals surface area contributed by atoms with Crippen molar-refractivity contribution < 1.29 is 29.6 Å². The first-order chi connectivity index (χ1) is 6.91. The zero-order valence-electron chi connectivity index (χ0n) is 11.2. The van der Waals surface area contributed by atoms with Crippen LogP contribution in [0.15, 0.2) is 0 Å². The largest absolute Gasteiger partial charge is 1.00 e. The van der Waals surface area contributed by atoms with Gasteiger partial charge in [-0.1, -0.05) is 71.1 Å². The Balaban J connectivity index is 0. The molecule has 0 amide bonds. The van der Waals surface area contributed by atoms with Crippen molar-refractivity contribution in [2.75, 3.05) is 13.6 Å². The first-order valence-corrected chi connectivity index (χ1v) is 6.47. The summed E-state index contributed by atoms with van der Waals surface area (Å²) in [4.78, 5) is 0. The molecule has 0 N–H and O–H groups in total. The summed E-state index contributed by atoms with van der Waals surface area (Å²) in [5.74, 6) is 0. The van der Waals surface area contributed by atoms with Crippen LogP contribution in [0, 0.1) is 0 Å². The maximum atomic E-state index is 4.10. The molecule has 0 aliphatic carbocycles. The minimum absolute atomic E-state index is 0. The van der Waals surface area contributed by atoms with Crippen LogP contribution in [-0.2, 0) is 0 Å². The number of unbranched alkanes of at least 4 members (excludes halogenated alkanes) is 9. The predicted octanol–water partition coefficient (Wildman–Crippen LogP) is 1.91. The molecule has 0 radical (unpaired) electrons. The van der Waals surface area contributed by atoms with Crippen molar-refractivity contribution in [1.82, 2.24) is 0 Å². The second kappa shape index (κ2) is 17.4. The van der Waals surface area contributed by atoms with Gasteiger partial charge in [0.2, 0.25) is 0 Å². The minimum Gasteiger partial charge on any atom is -0.665 e. The zero-order chi connectivity index (χ0) is 10.5. The Morgan fingerprint density at radius 2 is 1.07 bits per heavy atom. The molecule has 0 unspecified atom stereocenters. The van der Waals surface area contributed by atoms with Crippen molar-refractivity contribution in [2.45, 2.75) is 71.1 Å². The molecule has 15 heavy (non-hydrogen) atoms. The second-order valence-corrected chi connectivity index (χ2v) is 4.22. The SMILES string of the molecule is CCCCCCCCCCCC[N-]C.[Na+]. The average Bonchev–Trinajstić information content (AvgIpc) is 2.21. The van der Waals surface area contributed by atoms with Gasteiger partial charge < -0.3 is 5.32 Å². The van der Waals surface area contributed by atoms with Gasteiger partial charge in [-0.3, -0.25) is 0 Å². The number of hydrogen-bond donors (Lipinski definition) is 0. The van der Waals surface area contributed by atoms with Crippen molar-refractivity contribution in [2.24, 2.45) is 0 Å². The summed E-state index contributed by atoms with van der Waals surface area (Å²) in [6.45, 7) is 3.34. The van der Waals surface area contributed by atoms with E-state index in [9.17, 15) is 0 Å². The van der Waals surface area contributed by atoms with Gasteiger partial charge in [0.15, 0.2) is 0 Å². The van der Waals surface area contributed by atoms with Gasteiger partial charge in [0.25, 0.3) is 0 Å². The zero-order valence-corrected chi connectivity index (χ0v) is 13.2. The molecule has 1 nitrogen and oxygen atoms in total. The van der Waals surface area contributed by atoms with E-state index in [1.807, 2.05) is 7.05 Å². The number of rotatable bonds is 11. The van der Waals surface area contributed by atoms with Crippen LogP contribution < -0.4 is 29.6 Å². The topological polar surface area (TPSA) is 14.1 Å². The molecule has 86 valence electrons. The second-order valence-electron chi connectivity index (χ2n) is 4.22. The first-order valence-electron chi connectivity index (χ1n) is 6.47. The molecule has 0 fully saturated rings. The molecule has 0 rings (SSSR count). The van der Waals surface area contributed by atoms with E-state index in [2.05, 4.69) is 12.2 Å². The van der Waals surface area contributed by atoms with E-state index in [1.165, 1.54) is 64.2 Å². The van der Waals surface area contributed by atoms with Crippen molar-refractivity contribution in [3.63, 3.8) is 0 Å². The van der Waals surface area contributed by atoms with Crippen LogP contribution in [0.1, 0.15) is 71.1 Å². The van der Waals surface area contributed by atoms with Crippen LogP contribution in [0.25, 0.3) is 5.32 Å². The first kappa shape index (κ1) is 18.3. The van der Waals surface area contributed by atoms with Gasteiger partial charge in [-0.2, -0.15) is 7.05 Å². The summed E-state index contributed by atoms with van der Waals surface area (Å²) in [7, 11) is 1.91. The summed E-state index contributed by atoms with van der Waals surface area (Å²) in [6, 6.07) is 0. The molecule has 0 saturated carbocycles. The van der Waals surface area contributed by atoms with Crippen LogP contribution in [-0.4, -0.2) is 13.6 Å². The van der Waals surface area contributed by atoms with Crippen molar-refractivity contribution in [1.29, 1.82) is 0 Å². The molecule has 2 heteroatoms. The number of nitrogens with zero attached hydrogens (tertiary/aromatic N) is 1. The Kier molecular flexibility index (Phi) is 21.2. The van der Waals surface area contributed by atoms with Crippen LogP contribution in [0.4, 0.5) is 0 Å². The quantitative estimate of drug-likeness (QED) is 0.374. The third kappa shape index (κ3) is 17.6. The molecule has 0 aromatic rings. The Bertz CT molecular complexity index is 84.5. The van der Waals surface area contributed by atoms with E-state index in [0.717, 1.165) is 6.54 Å². The normalized spacial score (nSPS) is 10.0. The van der Waals surface area contributed by atoms with E-state index < -0.39 is 0 Å². The fourth-order valence-electron chi connectivity index (χ4n) is 1.76. The fourth-order valence-corrected chi connectivity index (χ4v) is 1.76. The molecule has 0 spiro atoms. The maximum Gasteiger partial charge on any atom is 1.00 e. The Hall–Kier alpha value is 0.960. The summed E-state index contributed by atoms with van der Waals surface area (Å²) in [5.41, 5.74) is 0. The molecular formula is C13H28NNa. The summed E-state index contributed by atoms with van der Waals surface area (Å²) in [5, 5.41) is 4.10. The van der Waals surface area contributed by atoms with Crippen molar-refractivity contribution in [3.8, 4) is 0 Å². The molecule has 0 aliphatic heterocycles. The van der Waals surface area contributed by atoms with Crippen LogP contribution in [0.5, 0.6) is 0 Å². The van der Waals surface area contributed by atoms with E-state index in [4.69, 9.17) is 0 Å². The summed E-state index contributed by atoms with van der Waals surface area (Å²) >= 11 is 0. The average molecular weight is 221 g/mol. The molecule has 0 saturated heterocycles. The molecule has 0 bridgehead atoms. The molecule has 0 aromatic heterocycles. The van der Waals surface area contributed by atoms with Gasteiger partial charge in [0.1, 0.15) is 0 Å². The molecule has 0 atom stereocenters. The van der Waals surface area contributed by atoms with Crippen LogP contribution in [0.2, 0.25) is 0 Å². The van der Waals surface area contributed by atoms with Crippen LogP contribution >= 0.6 is 0 Å². The van der Waals surface area contributed by atoms with Gasteiger partial charge in [-0.05, 0) is 0 Å². The van der Waals surface area contributed by atoms with Gasteiger partial charge in [-0.25, -0.2) is 0 Å². The van der Waals surface area contributed by atoms with Gasteiger partial charge in [0.05, 0.1) is 0 Å². The minimum atomic E-state index is 0. The van der Waals surface area contributed by atoms with Gasteiger partial charge in [0, 0.05) is 0 Å². The van der Waals surface area contributed by atoms with Crippen LogP contribution in [0.3, 0.4) is 0 Å². The van der Waals surface area contributed by atoms with Gasteiger partial charge in [-0.15, -0.1) is 6.54 Å². The van der Waals surface area contributed by atoms with E-state index in [0.29, 0.717) is 0 Å². The van der Waals surface area contributed by atoms with Gasteiger partial charge >= 0.3 is 29.6 Å². The molecular weight excluding hydrogens is 193 g/mol. The summed E-state index contributed by atoms with van der Waals surface area (Å²) in [6.07, 6.45) is 14.1.